The van der Waals surface area contributed by atoms with Gasteiger partial charge in [-0.25, -0.2) is 0 Å². The quantitative estimate of drug-likeness (QED) is 0.709. The van der Waals surface area contributed by atoms with Crippen molar-refractivity contribution < 1.29 is 4.79 Å². The highest BCUT2D eigenvalue weighted by atomic mass is 16.1. The van der Waals surface area contributed by atoms with Gasteiger partial charge in [0.25, 0.3) is 0 Å². The Kier molecular flexibility index (Phi) is 4.68. The minimum Gasteiger partial charge on any atom is -0.300 e. The summed E-state index contributed by atoms with van der Waals surface area (Å²) in [4.78, 5) is 11.2. The first-order chi connectivity index (χ1) is 9.25. The molecule has 0 radical (unpaired) electrons. The minimum absolute atomic E-state index is 0.231. The van der Waals surface area contributed by atoms with Crippen molar-refractivity contribution in [3.63, 3.8) is 0 Å². The van der Waals surface area contributed by atoms with Crippen LogP contribution in [-0.4, -0.2) is 5.78 Å². The van der Waals surface area contributed by atoms with Crippen LogP contribution in [-0.2, 0) is 4.79 Å². The van der Waals surface area contributed by atoms with Crippen LogP contribution in [0, 0.1) is 0 Å². The highest BCUT2D eigenvalue weighted by Crippen LogP contribution is 2.23. The number of benzene rings is 2. The van der Waals surface area contributed by atoms with Gasteiger partial charge in [0, 0.05) is 6.42 Å². The molecule has 0 aliphatic rings. The van der Waals surface area contributed by atoms with E-state index in [1.54, 1.807) is 6.92 Å². The summed E-state index contributed by atoms with van der Waals surface area (Å²) in [5.41, 5.74) is 3.57. The first-order valence-electron chi connectivity index (χ1n) is 6.56. The number of Topliss-reactive ketones (excluding diaryl/α,β-unsaturated/α-hetero) is 1. The van der Waals surface area contributed by atoms with Crippen molar-refractivity contribution in [2.24, 2.45) is 0 Å². The van der Waals surface area contributed by atoms with E-state index in [9.17, 15) is 4.79 Å². The zero-order valence-electron chi connectivity index (χ0n) is 11.2. The Balaban J connectivity index is 2.29. The van der Waals surface area contributed by atoms with Gasteiger partial charge in [-0.2, -0.15) is 0 Å². The number of hydrogen-bond donors (Lipinski definition) is 0. The lowest BCUT2D eigenvalue weighted by atomic mass is 9.97. The van der Waals surface area contributed by atoms with Crippen molar-refractivity contribution in [3.8, 4) is 0 Å². The molecule has 1 heteroatoms. The molecule has 0 saturated heterocycles. The molecule has 0 aromatic heterocycles. The molecule has 2 aromatic rings. The molecule has 0 aliphatic carbocycles. The Morgan fingerprint density at radius 1 is 0.895 bits per heavy atom. The summed E-state index contributed by atoms with van der Waals surface area (Å²) in [6.07, 6.45) is 3.54. The zero-order chi connectivity index (χ0) is 13.5. The first-order valence-corrected chi connectivity index (χ1v) is 6.56. The van der Waals surface area contributed by atoms with E-state index in [0.717, 1.165) is 6.42 Å². The molecule has 0 bridgehead atoms. The smallest absolute Gasteiger partial charge is 0.130 e. The average Bonchev–Trinajstić information content (AvgIpc) is 2.45. The maximum absolute atomic E-state index is 11.2. The van der Waals surface area contributed by atoms with Gasteiger partial charge in [0.1, 0.15) is 5.78 Å². The van der Waals surface area contributed by atoms with E-state index < -0.39 is 0 Å². The molecule has 19 heavy (non-hydrogen) atoms. The molecule has 0 saturated carbocycles. The largest absolute Gasteiger partial charge is 0.300 e. The molecule has 1 nitrogen and oxygen atoms in total. The van der Waals surface area contributed by atoms with Gasteiger partial charge in [-0.3, -0.25) is 0 Å². The highest BCUT2D eigenvalue weighted by Gasteiger charge is 2.03. The molecule has 0 fully saturated rings. The van der Waals surface area contributed by atoms with Gasteiger partial charge in [-0.05, 0) is 30.0 Å². The molecule has 0 amide bonds. The molecule has 2 aromatic carbocycles. The van der Waals surface area contributed by atoms with Crippen LogP contribution in [0.15, 0.2) is 60.7 Å². The van der Waals surface area contributed by atoms with Crippen LogP contribution in [0.4, 0.5) is 0 Å². The van der Waals surface area contributed by atoms with E-state index in [1.165, 1.54) is 16.7 Å². The number of carbonyl (C=O) groups is 1. The van der Waals surface area contributed by atoms with Crippen LogP contribution in [0.25, 0.3) is 11.6 Å². The monoisotopic (exact) mass is 250 g/mol. The number of carbonyl (C=O) groups excluding carboxylic acids is 1. The minimum atomic E-state index is 0.231. The molecule has 0 N–H and O–H groups in total. The Hall–Kier alpha value is -2.15. The Morgan fingerprint density at radius 3 is 2.05 bits per heavy atom. The fraction of sp³-hybridized carbons (Fsp3) is 0.167. The van der Waals surface area contributed by atoms with E-state index >= 15 is 0 Å². The molecular weight excluding hydrogens is 232 g/mol. The van der Waals surface area contributed by atoms with Gasteiger partial charge in [-0.1, -0.05) is 66.7 Å². The average molecular weight is 250 g/mol. The van der Waals surface area contributed by atoms with E-state index in [1.807, 2.05) is 36.4 Å². The SMILES string of the molecule is CC(=O)CC/C(=C/c1ccccc1)c1ccccc1. The maximum atomic E-state index is 11.2. The first kappa shape index (κ1) is 13.3. The third kappa shape index (κ3) is 4.22. The van der Waals surface area contributed by atoms with E-state index in [0.29, 0.717) is 6.42 Å². The predicted molar refractivity (Wildman–Crippen MR) is 80.7 cm³/mol. The zero-order valence-corrected chi connectivity index (χ0v) is 11.2. The van der Waals surface area contributed by atoms with Crippen LogP contribution < -0.4 is 0 Å². The molecule has 96 valence electrons. The third-order valence-electron chi connectivity index (χ3n) is 3.03. The number of ketones is 1. The van der Waals surface area contributed by atoms with Gasteiger partial charge in [-0.15, -0.1) is 0 Å². The summed E-state index contributed by atoms with van der Waals surface area (Å²) >= 11 is 0. The number of rotatable bonds is 5. The summed E-state index contributed by atoms with van der Waals surface area (Å²) < 4.78 is 0. The Labute approximate surface area is 114 Å². The van der Waals surface area contributed by atoms with E-state index in [-0.39, 0.29) is 5.78 Å². The molecule has 0 aliphatic heterocycles. The molecule has 0 atom stereocenters. The molecular formula is C18H18O. The van der Waals surface area contributed by atoms with Gasteiger partial charge >= 0.3 is 0 Å². The third-order valence-corrected chi connectivity index (χ3v) is 3.03. The van der Waals surface area contributed by atoms with Gasteiger partial charge < -0.3 is 4.79 Å². The summed E-state index contributed by atoms with van der Waals surface area (Å²) in [5, 5.41) is 0. The van der Waals surface area contributed by atoms with Crippen molar-refractivity contribution in [1.29, 1.82) is 0 Å². The Morgan fingerprint density at radius 2 is 1.47 bits per heavy atom. The summed E-state index contributed by atoms with van der Waals surface area (Å²) in [7, 11) is 0. The van der Waals surface area contributed by atoms with Gasteiger partial charge in [0.05, 0.1) is 0 Å². The van der Waals surface area contributed by atoms with E-state index in [4.69, 9.17) is 0 Å². The molecule has 0 spiro atoms. The second kappa shape index (κ2) is 6.69. The topological polar surface area (TPSA) is 17.1 Å². The van der Waals surface area contributed by atoms with Crippen LogP contribution in [0.5, 0.6) is 0 Å². The van der Waals surface area contributed by atoms with Crippen molar-refractivity contribution in [2.75, 3.05) is 0 Å². The highest BCUT2D eigenvalue weighted by molar-refractivity contribution is 5.84. The van der Waals surface area contributed by atoms with Gasteiger partial charge in [0.15, 0.2) is 0 Å². The number of hydrogen-bond acceptors (Lipinski definition) is 1. The van der Waals surface area contributed by atoms with E-state index in [2.05, 4.69) is 30.3 Å². The summed E-state index contributed by atoms with van der Waals surface area (Å²) in [6, 6.07) is 20.5. The van der Waals surface area contributed by atoms with Crippen LogP contribution in [0.3, 0.4) is 0 Å². The Bertz CT molecular complexity index is 553. The lowest BCUT2D eigenvalue weighted by Gasteiger charge is -2.07. The lowest BCUT2D eigenvalue weighted by molar-refractivity contribution is -0.116. The van der Waals surface area contributed by atoms with Crippen LogP contribution in [0.1, 0.15) is 30.9 Å². The fourth-order valence-corrected chi connectivity index (χ4v) is 2.01. The fourth-order valence-electron chi connectivity index (χ4n) is 2.01. The van der Waals surface area contributed by atoms with Crippen LogP contribution >= 0.6 is 0 Å². The maximum Gasteiger partial charge on any atom is 0.130 e. The standard InChI is InChI=1S/C18H18O/c1-15(19)12-13-18(17-10-6-3-7-11-17)14-16-8-4-2-5-9-16/h2-11,14H,12-13H2,1H3/b18-14-. The second-order valence-corrected chi connectivity index (χ2v) is 4.65. The lowest BCUT2D eigenvalue weighted by Crippen LogP contribution is -1.92. The predicted octanol–water partition coefficient (Wildman–Crippen LogP) is 4.60. The van der Waals surface area contributed by atoms with Crippen molar-refractivity contribution in [2.45, 2.75) is 19.8 Å². The van der Waals surface area contributed by atoms with Crippen molar-refractivity contribution >= 4 is 17.4 Å². The molecule has 0 unspecified atom stereocenters. The number of allylic oxidation sites excluding steroid dienone is 1. The molecule has 2 rings (SSSR count). The molecule has 0 heterocycles. The second-order valence-electron chi connectivity index (χ2n) is 4.65. The van der Waals surface area contributed by atoms with Crippen molar-refractivity contribution in [1.82, 2.24) is 0 Å². The summed E-state index contributed by atoms with van der Waals surface area (Å²) in [6.45, 7) is 1.64. The van der Waals surface area contributed by atoms with Gasteiger partial charge in [0.2, 0.25) is 0 Å². The van der Waals surface area contributed by atoms with Crippen LogP contribution in [0.2, 0.25) is 0 Å². The summed E-state index contributed by atoms with van der Waals surface area (Å²) in [5.74, 6) is 0.231. The normalized spacial score (nSPS) is 11.3. The van der Waals surface area contributed by atoms with Crippen molar-refractivity contribution in [3.05, 3.63) is 71.8 Å².